The van der Waals surface area contributed by atoms with E-state index in [1.54, 1.807) is 12.4 Å². The van der Waals surface area contributed by atoms with Crippen LogP contribution in [-0.4, -0.2) is 50.5 Å². The molecular formula is C19H31N5OS. The smallest absolute Gasteiger partial charge is 0.199 e. The maximum atomic E-state index is 5.76. The molecule has 0 amide bonds. The minimum atomic E-state index is 0.733. The lowest BCUT2D eigenvalue weighted by Gasteiger charge is -2.20. The quantitative estimate of drug-likeness (QED) is 0.414. The Balaban J connectivity index is 2.28. The summed E-state index contributed by atoms with van der Waals surface area (Å²) in [4.78, 5) is 6.52. The van der Waals surface area contributed by atoms with Crippen LogP contribution in [0.2, 0.25) is 0 Å². The minimum absolute atomic E-state index is 0.733. The van der Waals surface area contributed by atoms with E-state index < -0.39 is 0 Å². The van der Waals surface area contributed by atoms with Crippen LogP contribution in [0.4, 0.5) is 0 Å². The molecule has 0 N–H and O–H groups in total. The maximum absolute atomic E-state index is 5.76. The highest BCUT2D eigenvalue weighted by Crippen LogP contribution is 2.18. The van der Waals surface area contributed by atoms with Gasteiger partial charge in [0, 0.05) is 37.7 Å². The van der Waals surface area contributed by atoms with E-state index in [0.29, 0.717) is 0 Å². The van der Waals surface area contributed by atoms with Gasteiger partial charge in [-0.25, -0.2) is 4.68 Å². The SMILES string of the molecule is CCCN(CCC)Cn1nc(-c2ccncc2)n(CCCOCC)c1=S. The van der Waals surface area contributed by atoms with E-state index >= 15 is 0 Å². The molecule has 0 radical (unpaired) electrons. The Kier molecular flexibility index (Phi) is 8.94. The topological polar surface area (TPSA) is 48.1 Å². The van der Waals surface area contributed by atoms with Gasteiger partial charge in [0.15, 0.2) is 10.6 Å². The number of rotatable bonds is 12. The maximum Gasteiger partial charge on any atom is 0.199 e. The summed E-state index contributed by atoms with van der Waals surface area (Å²) in [5, 5.41) is 4.85. The van der Waals surface area contributed by atoms with Gasteiger partial charge in [-0.3, -0.25) is 14.5 Å². The lowest BCUT2D eigenvalue weighted by atomic mass is 10.2. The fourth-order valence-electron chi connectivity index (χ4n) is 2.99. The molecule has 144 valence electrons. The number of ether oxygens (including phenoxy) is 1. The molecule has 26 heavy (non-hydrogen) atoms. The van der Waals surface area contributed by atoms with Gasteiger partial charge >= 0.3 is 0 Å². The Morgan fingerprint density at radius 1 is 1.12 bits per heavy atom. The highest BCUT2D eigenvalue weighted by Gasteiger charge is 2.14. The zero-order valence-electron chi connectivity index (χ0n) is 16.2. The first-order chi connectivity index (χ1) is 12.7. The second-order valence-electron chi connectivity index (χ2n) is 6.30. The lowest BCUT2D eigenvalue weighted by molar-refractivity contribution is 0.141. The van der Waals surface area contributed by atoms with Crippen molar-refractivity contribution in [1.29, 1.82) is 0 Å². The molecule has 7 heteroatoms. The van der Waals surface area contributed by atoms with Crippen LogP contribution in [0.5, 0.6) is 0 Å². The highest BCUT2D eigenvalue weighted by molar-refractivity contribution is 7.71. The molecule has 0 unspecified atom stereocenters. The van der Waals surface area contributed by atoms with E-state index in [-0.39, 0.29) is 0 Å². The van der Waals surface area contributed by atoms with Gasteiger partial charge < -0.3 is 4.74 Å². The zero-order valence-corrected chi connectivity index (χ0v) is 17.0. The van der Waals surface area contributed by atoms with Crippen molar-refractivity contribution in [2.45, 2.75) is 53.2 Å². The molecule has 0 bridgehead atoms. The summed E-state index contributed by atoms with van der Waals surface area (Å²) in [5.41, 5.74) is 1.04. The molecule has 6 nitrogen and oxygen atoms in total. The number of hydrogen-bond donors (Lipinski definition) is 0. The fourth-order valence-corrected chi connectivity index (χ4v) is 3.27. The van der Waals surface area contributed by atoms with E-state index in [0.717, 1.165) is 74.9 Å². The summed E-state index contributed by atoms with van der Waals surface area (Å²) in [6, 6.07) is 3.96. The van der Waals surface area contributed by atoms with E-state index in [9.17, 15) is 0 Å². The molecule has 0 atom stereocenters. The van der Waals surface area contributed by atoms with Crippen molar-refractivity contribution in [3.05, 3.63) is 29.3 Å². The van der Waals surface area contributed by atoms with Crippen LogP contribution < -0.4 is 0 Å². The standard InChI is InChI=1S/C19H31N5OS/c1-4-12-22(13-5-2)16-24-19(26)23(14-7-15-25-6-3)18(21-24)17-8-10-20-11-9-17/h8-11H,4-7,12-16H2,1-3H3. The molecule has 0 aliphatic carbocycles. The normalized spacial score (nSPS) is 11.4. The Labute approximate surface area is 161 Å². The summed E-state index contributed by atoms with van der Waals surface area (Å²) in [7, 11) is 0. The van der Waals surface area contributed by atoms with E-state index in [1.807, 2.05) is 23.7 Å². The zero-order chi connectivity index (χ0) is 18.8. The monoisotopic (exact) mass is 377 g/mol. The van der Waals surface area contributed by atoms with Gasteiger partial charge in [-0.1, -0.05) is 13.8 Å². The van der Waals surface area contributed by atoms with E-state index in [1.165, 1.54) is 0 Å². The van der Waals surface area contributed by atoms with Gasteiger partial charge in [-0.2, -0.15) is 5.10 Å². The molecular weight excluding hydrogens is 346 g/mol. The molecule has 2 aromatic rings. The summed E-state index contributed by atoms with van der Waals surface area (Å²) in [6.07, 6.45) is 6.75. The third kappa shape index (κ3) is 5.72. The third-order valence-electron chi connectivity index (χ3n) is 4.15. The number of pyridine rings is 1. The number of aromatic nitrogens is 4. The lowest BCUT2D eigenvalue weighted by Crippen LogP contribution is -2.28. The Morgan fingerprint density at radius 2 is 1.81 bits per heavy atom. The second kappa shape index (κ2) is 11.2. The fraction of sp³-hybridized carbons (Fsp3) is 0.632. The molecule has 0 saturated heterocycles. The molecule has 0 aromatic carbocycles. The first kappa shape index (κ1) is 20.7. The molecule has 2 rings (SSSR count). The molecule has 0 spiro atoms. The minimum Gasteiger partial charge on any atom is -0.382 e. The summed E-state index contributed by atoms with van der Waals surface area (Å²) in [5.74, 6) is 0.904. The van der Waals surface area contributed by atoms with Crippen LogP contribution in [0, 0.1) is 4.77 Å². The van der Waals surface area contributed by atoms with E-state index in [2.05, 4.69) is 28.3 Å². The first-order valence-electron chi connectivity index (χ1n) is 9.59. The Hall–Kier alpha value is -1.57. The summed E-state index contributed by atoms with van der Waals surface area (Å²) >= 11 is 5.76. The summed E-state index contributed by atoms with van der Waals surface area (Å²) < 4.78 is 10.3. The summed E-state index contributed by atoms with van der Waals surface area (Å²) in [6.45, 7) is 11.5. The van der Waals surface area contributed by atoms with Gasteiger partial charge in [-0.15, -0.1) is 0 Å². The third-order valence-corrected chi connectivity index (χ3v) is 4.58. The molecule has 0 fully saturated rings. The predicted octanol–water partition coefficient (Wildman–Crippen LogP) is 3.98. The molecule has 0 aliphatic rings. The van der Waals surface area contributed by atoms with Crippen LogP contribution >= 0.6 is 12.2 Å². The van der Waals surface area contributed by atoms with Crippen LogP contribution in [0.15, 0.2) is 24.5 Å². The first-order valence-corrected chi connectivity index (χ1v) is 10.00. The molecule has 2 aromatic heterocycles. The van der Waals surface area contributed by atoms with Crippen molar-refractivity contribution in [2.75, 3.05) is 26.3 Å². The second-order valence-corrected chi connectivity index (χ2v) is 6.67. The predicted molar refractivity (Wildman–Crippen MR) is 108 cm³/mol. The van der Waals surface area contributed by atoms with Gasteiger partial charge in [0.25, 0.3) is 0 Å². The van der Waals surface area contributed by atoms with Gasteiger partial charge in [-0.05, 0) is 63.6 Å². The van der Waals surface area contributed by atoms with Gasteiger partial charge in [0.1, 0.15) is 0 Å². The largest absolute Gasteiger partial charge is 0.382 e. The van der Waals surface area contributed by atoms with Crippen LogP contribution in [0.25, 0.3) is 11.4 Å². The van der Waals surface area contributed by atoms with Gasteiger partial charge in [0.2, 0.25) is 0 Å². The molecule has 0 saturated carbocycles. The van der Waals surface area contributed by atoms with Crippen LogP contribution in [-0.2, 0) is 18.0 Å². The van der Waals surface area contributed by atoms with Crippen molar-refractivity contribution >= 4 is 12.2 Å². The Bertz CT molecular complexity index is 692. The van der Waals surface area contributed by atoms with Crippen molar-refractivity contribution in [2.24, 2.45) is 0 Å². The molecule has 0 aliphatic heterocycles. The van der Waals surface area contributed by atoms with Crippen LogP contribution in [0.3, 0.4) is 0 Å². The van der Waals surface area contributed by atoms with E-state index in [4.69, 9.17) is 22.1 Å². The average molecular weight is 378 g/mol. The van der Waals surface area contributed by atoms with Crippen molar-refractivity contribution in [1.82, 2.24) is 24.2 Å². The van der Waals surface area contributed by atoms with Crippen LogP contribution in [0.1, 0.15) is 40.0 Å². The highest BCUT2D eigenvalue weighted by atomic mass is 32.1. The van der Waals surface area contributed by atoms with Crippen molar-refractivity contribution in [3.8, 4) is 11.4 Å². The Morgan fingerprint density at radius 3 is 2.42 bits per heavy atom. The number of hydrogen-bond acceptors (Lipinski definition) is 5. The van der Waals surface area contributed by atoms with Crippen molar-refractivity contribution in [3.63, 3.8) is 0 Å². The van der Waals surface area contributed by atoms with Gasteiger partial charge in [0.05, 0.1) is 6.67 Å². The average Bonchev–Trinajstić information content (AvgIpc) is 2.96. The molecule has 2 heterocycles. The van der Waals surface area contributed by atoms with Crippen molar-refractivity contribution < 1.29 is 4.74 Å². The number of nitrogens with zero attached hydrogens (tertiary/aromatic N) is 5.